The quantitative estimate of drug-likeness (QED) is 0.528. The SMILES string of the molecule is Cc1ccccc1CN(C(=O)Cc1ccccc1)[C@H](Cc1ccccc1)C(=O)NC(C)(C)C. The van der Waals surface area contributed by atoms with Gasteiger partial charge in [0, 0.05) is 18.5 Å². The van der Waals surface area contributed by atoms with E-state index in [0.29, 0.717) is 13.0 Å². The Labute approximate surface area is 197 Å². The van der Waals surface area contributed by atoms with Crippen LogP contribution >= 0.6 is 0 Å². The Kier molecular flexibility index (Phi) is 8.05. The molecule has 0 aliphatic heterocycles. The van der Waals surface area contributed by atoms with Crippen LogP contribution in [-0.4, -0.2) is 28.3 Å². The number of nitrogens with zero attached hydrogens (tertiary/aromatic N) is 1. The molecule has 0 saturated carbocycles. The van der Waals surface area contributed by atoms with E-state index in [1.165, 1.54) is 0 Å². The van der Waals surface area contributed by atoms with E-state index in [4.69, 9.17) is 0 Å². The number of hydrogen-bond donors (Lipinski definition) is 1. The highest BCUT2D eigenvalue weighted by atomic mass is 16.2. The third kappa shape index (κ3) is 7.31. The van der Waals surface area contributed by atoms with E-state index in [1.54, 1.807) is 4.90 Å². The van der Waals surface area contributed by atoms with Crippen LogP contribution in [0.2, 0.25) is 0 Å². The summed E-state index contributed by atoms with van der Waals surface area (Å²) in [7, 11) is 0. The van der Waals surface area contributed by atoms with E-state index in [0.717, 1.165) is 22.3 Å². The van der Waals surface area contributed by atoms with E-state index in [1.807, 2.05) is 113 Å². The Morgan fingerprint density at radius 2 is 1.36 bits per heavy atom. The number of hydrogen-bond acceptors (Lipinski definition) is 2. The molecular formula is C29H34N2O2. The third-order valence-electron chi connectivity index (χ3n) is 5.57. The van der Waals surface area contributed by atoms with Crippen molar-refractivity contribution >= 4 is 11.8 Å². The molecule has 2 amide bonds. The standard InChI is InChI=1S/C29H34N2O2/c1-22-13-11-12-18-25(22)21-31(27(32)20-24-16-9-6-10-17-24)26(28(33)30-29(2,3)4)19-23-14-7-5-8-15-23/h5-18,26H,19-21H2,1-4H3,(H,30,33)/t26-/m1/s1. The normalized spacial score (nSPS) is 12.1. The first-order chi connectivity index (χ1) is 15.7. The van der Waals surface area contributed by atoms with E-state index in [9.17, 15) is 9.59 Å². The fraction of sp³-hybridized carbons (Fsp3) is 0.310. The van der Waals surface area contributed by atoms with Crippen molar-refractivity contribution in [1.29, 1.82) is 0 Å². The van der Waals surface area contributed by atoms with Crippen LogP contribution < -0.4 is 5.32 Å². The first-order valence-electron chi connectivity index (χ1n) is 11.5. The molecule has 0 bridgehead atoms. The molecule has 0 unspecified atom stereocenters. The van der Waals surface area contributed by atoms with Crippen molar-refractivity contribution in [3.63, 3.8) is 0 Å². The predicted octanol–water partition coefficient (Wildman–Crippen LogP) is 5.09. The number of rotatable bonds is 8. The second kappa shape index (κ2) is 11.0. The lowest BCUT2D eigenvalue weighted by atomic mass is 9.99. The molecular weight excluding hydrogens is 408 g/mol. The fourth-order valence-electron chi connectivity index (χ4n) is 3.85. The first kappa shape index (κ1) is 24.2. The molecule has 4 heteroatoms. The monoisotopic (exact) mass is 442 g/mol. The number of amides is 2. The number of carbonyl (C=O) groups excluding carboxylic acids is 2. The summed E-state index contributed by atoms with van der Waals surface area (Å²) in [5.41, 5.74) is 3.70. The topological polar surface area (TPSA) is 49.4 Å². The van der Waals surface area contributed by atoms with Crippen molar-refractivity contribution in [2.24, 2.45) is 0 Å². The van der Waals surface area contributed by atoms with Crippen molar-refractivity contribution in [1.82, 2.24) is 10.2 Å². The zero-order valence-electron chi connectivity index (χ0n) is 20.0. The third-order valence-corrected chi connectivity index (χ3v) is 5.57. The molecule has 4 nitrogen and oxygen atoms in total. The minimum Gasteiger partial charge on any atom is -0.350 e. The number of benzene rings is 3. The van der Waals surface area contributed by atoms with Crippen molar-refractivity contribution in [3.05, 3.63) is 107 Å². The predicted molar refractivity (Wildman–Crippen MR) is 134 cm³/mol. The second-order valence-corrected chi connectivity index (χ2v) is 9.56. The van der Waals surface area contributed by atoms with Crippen molar-refractivity contribution in [2.75, 3.05) is 0 Å². The maximum absolute atomic E-state index is 13.7. The van der Waals surface area contributed by atoms with Gasteiger partial charge in [-0.3, -0.25) is 9.59 Å². The minimum atomic E-state index is -0.623. The summed E-state index contributed by atoms with van der Waals surface area (Å²) in [5.74, 6) is -0.198. The van der Waals surface area contributed by atoms with Gasteiger partial charge in [0.05, 0.1) is 6.42 Å². The van der Waals surface area contributed by atoms with Gasteiger partial charge in [0.25, 0.3) is 0 Å². The maximum Gasteiger partial charge on any atom is 0.243 e. The molecule has 3 aromatic carbocycles. The molecule has 3 aromatic rings. The van der Waals surface area contributed by atoms with E-state index in [-0.39, 0.29) is 18.2 Å². The van der Waals surface area contributed by atoms with Gasteiger partial charge in [-0.25, -0.2) is 0 Å². The smallest absolute Gasteiger partial charge is 0.243 e. The Morgan fingerprint density at radius 3 is 1.94 bits per heavy atom. The van der Waals surface area contributed by atoms with Crippen LogP contribution in [0.4, 0.5) is 0 Å². The Balaban J connectivity index is 1.99. The minimum absolute atomic E-state index is 0.0607. The highest BCUT2D eigenvalue weighted by Gasteiger charge is 2.32. The van der Waals surface area contributed by atoms with Gasteiger partial charge >= 0.3 is 0 Å². The summed E-state index contributed by atoms with van der Waals surface area (Å²) in [6.07, 6.45) is 0.704. The number of carbonyl (C=O) groups is 2. The van der Waals surface area contributed by atoms with Crippen LogP contribution in [0.25, 0.3) is 0 Å². The van der Waals surface area contributed by atoms with Crippen LogP contribution in [0.15, 0.2) is 84.9 Å². The van der Waals surface area contributed by atoms with Gasteiger partial charge in [0.1, 0.15) is 6.04 Å². The van der Waals surface area contributed by atoms with Crippen molar-refractivity contribution in [3.8, 4) is 0 Å². The zero-order valence-corrected chi connectivity index (χ0v) is 20.0. The molecule has 172 valence electrons. The summed E-state index contributed by atoms with van der Waals surface area (Å²) in [5, 5.41) is 3.11. The lowest BCUT2D eigenvalue weighted by Crippen LogP contribution is -2.54. The van der Waals surface area contributed by atoms with E-state index >= 15 is 0 Å². The lowest BCUT2D eigenvalue weighted by molar-refractivity contribution is -0.141. The van der Waals surface area contributed by atoms with Gasteiger partial charge in [-0.05, 0) is 49.9 Å². The fourth-order valence-corrected chi connectivity index (χ4v) is 3.85. The molecule has 0 spiro atoms. The maximum atomic E-state index is 13.7. The molecule has 0 aliphatic rings. The summed E-state index contributed by atoms with van der Waals surface area (Å²) < 4.78 is 0. The van der Waals surface area contributed by atoms with Crippen molar-refractivity contribution < 1.29 is 9.59 Å². The van der Waals surface area contributed by atoms with Gasteiger partial charge in [0.15, 0.2) is 0 Å². The Morgan fingerprint density at radius 1 is 0.818 bits per heavy atom. The zero-order chi connectivity index (χ0) is 23.8. The van der Waals surface area contributed by atoms with Crippen LogP contribution in [0.5, 0.6) is 0 Å². The summed E-state index contributed by atoms with van der Waals surface area (Å²) in [6, 6.07) is 27.0. The summed E-state index contributed by atoms with van der Waals surface area (Å²) >= 11 is 0. The van der Waals surface area contributed by atoms with Gasteiger partial charge in [0.2, 0.25) is 11.8 Å². The molecule has 0 heterocycles. The number of aryl methyl sites for hydroxylation is 1. The van der Waals surface area contributed by atoms with Crippen LogP contribution in [0.1, 0.15) is 43.0 Å². The largest absolute Gasteiger partial charge is 0.350 e. The van der Waals surface area contributed by atoms with E-state index in [2.05, 4.69) is 5.32 Å². The van der Waals surface area contributed by atoms with E-state index < -0.39 is 11.6 Å². The number of nitrogens with one attached hydrogen (secondary N) is 1. The highest BCUT2D eigenvalue weighted by Crippen LogP contribution is 2.19. The summed E-state index contributed by atoms with van der Waals surface area (Å²) in [6.45, 7) is 8.30. The van der Waals surface area contributed by atoms with Gasteiger partial charge in [-0.2, -0.15) is 0 Å². The molecule has 33 heavy (non-hydrogen) atoms. The van der Waals surface area contributed by atoms with Gasteiger partial charge < -0.3 is 10.2 Å². The molecule has 0 radical (unpaired) electrons. The van der Waals surface area contributed by atoms with Crippen LogP contribution in [0.3, 0.4) is 0 Å². The van der Waals surface area contributed by atoms with Gasteiger partial charge in [-0.1, -0.05) is 84.9 Å². The second-order valence-electron chi connectivity index (χ2n) is 9.56. The molecule has 1 atom stereocenters. The molecule has 0 aliphatic carbocycles. The van der Waals surface area contributed by atoms with Crippen LogP contribution in [-0.2, 0) is 29.0 Å². The molecule has 0 aromatic heterocycles. The Hall–Kier alpha value is -3.40. The average molecular weight is 443 g/mol. The van der Waals surface area contributed by atoms with Crippen molar-refractivity contribution in [2.45, 2.75) is 58.7 Å². The Bertz CT molecular complexity index is 1060. The molecule has 0 saturated heterocycles. The summed E-state index contributed by atoms with van der Waals surface area (Å²) in [4.78, 5) is 29.0. The molecule has 1 N–H and O–H groups in total. The molecule has 0 fully saturated rings. The molecule has 3 rings (SSSR count). The average Bonchev–Trinajstić information content (AvgIpc) is 2.77. The highest BCUT2D eigenvalue weighted by molar-refractivity contribution is 5.89. The van der Waals surface area contributed by atoms with Gasteiger partial charge in [-0.15, -0.1) is 0 Å². The van der Waals surface area contributed by atoms with Crippen LogP contribution in [0, 0.1) is 6.92 Å². The first-order valence-corrected chi connectivity index (χ1v) is 11.5. The lowest BCUT2D eigenvalue weighted by Gasteiger charge is -2.34.